The molecule has 0 bridgehead atoms. The number of carbonyl (C=O) groups excluding carboxylic acids is 1. The summed E-state index contributed by atoms with van der Waals surface area (Å²) in [5, 5.41) is 0. The lowest BCUT2D eigenvalue weighted by Crippen LogP contribution is -2.44. The highest BCUT2D eigenvalue weighted by Crippen LogP contribution is 2.44. The van der Waals surface area contributed by atoms with Crippen LogP contribution in [0.2, 0.25) is 0 Å². The summed E-state index contributed by atoms with van der Waals surface area (Å²) in [6.07, 6.45) is 10.1. The normalized spacial score (nSPS) is 27.9. The summed E-state index contributed by atoms with van der Waals surface area (Å²) in [6, 6.07) is 0. The number of carbonyl (C=O) groups is 1. The third-order valence-electron chi connectivity index (χ3n) is 4.60. The molecule has 19 heavy (non-hydrogen) atoms. The van der Waals surface area contributed by atoms with Crippen molar-refractivity contribution in [3.8, 4) is 0 Å². The van der Waals surface area contributed by atoms with Gasteiger partial charge in [-0.15, -0.1) is 0 Å². The SMILES string of the molecule is CCOC(=O)C1(CC)CCCC=C1N1CCCCC1. The second-order valence-electron chi connectivity index (χ2n) is 5.69. The first kappa shape index (κ1) is 14.4. The van der Waals surface area contributed by atoms with Gasteiger partial charge in [0.2, 0.25) is 0 Å². The van der Waals surface area contributed by atoms with E-state index in [1.54, 1.807) is 0 Å². The van der Waals surface area contributed by atoms with E-state index in [1.807, 2.05) is 6.92 Å². The van der Waals surface area contributed by atoms with E-state index >= 15 is 0 Å². The van der Waals surface area contributed by atoms with E-state index < -0.39 is 0 Å². The molecule has 0 N–H and O–H groups in total. The summed E-state index contributed by atoms with van der Waals surface area (Å²) in [4.78, 5) is 15.0. The molecule has 108 valence electrons. The predicted octanol–water partition coefficient (Wildman–Crippen LogP) is 3.50. The average molecular weight is 265 g/mol. The van der Waals surface area contributed by atoms with Gasteiger partial charge >= 0.3 is 5.97 Å². The van der Waals surface area contributed by atoms with Crippen LogP contribution >= 0.6 is 0 Å². The first-order chi connectivity index (χ1) is 9.24. The highest BCUT2D eigenvalue weighted by Gasteiger charge is 2.45. The van der Waals surface area contributed by atoms with Crippen LogP contribution in [0.4, 0.5) is 0 Å². The molecule has 0 saturated carbocycles. The minimum Gasteiger partial charge on any atom is -0.465 e. The highest BCUT2D eigenvalue weighted by molar-refractivity contribution is 5.80. The molecule has 1 unspecified atom stereocenters. The molecule has 0 aromatic heterocycles. The molecule has 0 amide bonds. The lowest BCUT2D eigenvalue weighted by Gasteiger charge is -2.43. The lowest BCUT2D eigenvalue weighted by atomic mass is 9.73. The molecular formula is C16H27NO2. The van der Waals surface area contributed by atoms with Crippen molar-refractivity contribution >= 4 is 5.97 Å². The van der Waals surface area contributed by atoms with Crippen LogP contribution in [-0.2, 0) is 9.53 Å². The van der Waals surface area contributed by atoms with Gasteiger partial charge in [-0.1, -0.05) is 13.0 Å². The Morgan fingerprint density at radius 2 is 2.00 bits per heavy atom. The zero-order valence-corrected chi connectivity index (χ0v) is 12.4. The van der Waals surface area contributed by atoms with E-state index in [0.29, 0.717) is 6.61 Å². The fourth-order valence-electron chi connectivity index (χ4n) is 3.51. The fraction of sp³-hybridized carbons (Fsp3) is 0.812. The molecule has 1 aliphatic heterocycles. The number of rotatable bonds is 4. The first-order valence-electron chi connectivity index (χ1n) is 7.87. The number of likely N-dealkylation sites (tertiary alicyclic amines) is 1. The first-order valence-corrected chi connectivity index (χ1v) is 7.87. The molecule has 1 saturated heterocycles. The molecule has 1 aliphatic carbocycles. The van der Waals surface area contributed by atoms with E-state index in [4.69, 9.17) is 4.74 Å². The predicted molar refractivity (Wildman–Crippen MR) is 76.7 cm³/mol. The van der Waals surface area contributed by atoms with Gasteiger partial charge in [0.15, 0.2) is 0 Å². The number of piperidine rings is 1. The van der Waals surface area contributed by atoms with Crippen molar-refractivity contribution < 1.29 is 9.53 Å². The van der Waals surface area contributed by atoms with Crippen LogP contribution < -0.4 is 0 Å². The van der Waals surface area contributed by atoms with Gasteiger partial charge in [0.25, 0.3) is 0 Å². The molecule has 2 rings (SSSR count). The minimum absolute atomic E-state index is 0.00553. The minimum atomic E-state index is -0.369. The maximum absolute atomic E-state index is 12.5. The molecule has 2 aliphatic rings. The van der Waals surface area contributed by atoms with E-state index in [-0.39, 0.29) is 11.4 Å². The van der Waals surface area contributed by atoms with E-state index in [9.17, 15) is 4.79 Å². The van der Waals surface area contributed by atoms with Gasteiger partial charge in [0.05, 0.1) is 6.61 Å². The highest BCUT2D eigenvalue weighted by atomic mass is 16.5. The molecule has 1 fully saturated rings. The molecule has 1 atom stereocenters. The molecule has 3 nitrogen and oxygen atoms in total. The number of nitrogens with zero attached hydrogens (tertiary/aromatic N) is 1. The summed E-state index contributed by atoms with van der Waals surface area (Å²) >= 11 is 0. The topological polar surface area (TPSA) is 29.5 Å². The van der Waals surface area contributed by atoms with Crippen molar-refractivity contribution in [1.29, 1.82) is 0 Å². The van der Waals surface area contributed by atoms with Gasteiger partial charge in [0, 0.05) is 18.8 Å². The Balaban J connectivity index is 2.25. The third kappa shape index (κ3) is 2.80. The van der Waals surface area contributed by atoms with E-state index in [0.717, 1.165) is 38.8 Å². The number of ether oxygens (including phenoxy) is 1. The Morgan fingerprint density at radius 1 is 1.26 bits per heavy atom. The van der Waals surface area contributed by atoms with Crippen molar-refractivity contribution in [3.05, 3.63) is 11.8 Å². The van der Waals surface area contributed by atoms with Crippen LogP contribution in [0.1, 0.15) is 58.8 Å². The van der Waals surface area contributed by atoms with Crippen molar-refractivity contribution in [1.82, 2.24) is 4.90 Å². The second kappa shape index (κ2) is 6.44. The van der Waals surface area contributed by atoms with E-state index in [2.05, 4.69) is 17.9 Å². The van der Waals surface area contributed by atoms with Crippen molar-refractivity contribution in [2.24, 2.45) is 5.41 Å². The van der Waals surface area contributed by atoms with Crippen molar-refractivity contribution in [3.63, 3.8) is 0 Å². The van der Waals surface area contributed by atoms with Crippen LogP contribution in [0, 0.1) is 5.41 Å². The lowest BCUT2D eigenvalue weighted by molar-refractivity contribution is -0.155. The molecule has 0 spiro atoms. The van der Waals surface area contributed by atoms with Gasteiger partial charge in [0.1, 0.15) is 5.41 Å². The quantitative estimate of drug-likeness (QED) is 0.729. The third-order valence-corrected chi connectivity index (χ3v) is 4.60. The molecule has 1 heterocycles. The largest absolute Gasteiger partial charge is 0.465 e. The zero-order valence-electron chi connectivity index (χ0n) is 12.4. The second-order valence-corrected chi connectivity index (χ2v) is 5.69. The van der Waals surface area contributed by atoms with Crippen LogP contribution in [-0.4, -0.2) is 30.6 Å². The fourth-order valence-corrected chi connectivity index (χ4v) is 3.51. The summed E-state index contributed by atoms with van der Waals surface area (Å²) in [5.41, 5.74) is 0.894. The average Bonchev–Trinajstić information content (AvgIpc) is 2.48. The zero-order chi connectivity index (χ0) is 13.7. The Kier molecular flexibility index (Phi) is 4.89. The summed E-state index contributed by atoms with van der Waals surface area (Å²) in [5.74, 6) is -0.00553. The van der Waals surface area contributed by atoms with Crippen molar-refractivity contribution in [2.75, 3.05) is 19.7 Å². The monoisotopic (exact) mass is 265 g/mol. The Hall–Kier alpha value is -0.990. The van der Waals surface area contributed by atoms with Gasteiger partial charge in [-0.2, -0.15) is 0 Å². The van der Waals surface area contributed by atoms with Gasteiger partial charge < -0.3 is 9.64 Å². The van der Waals surface area contributed by atoms with Crippen LogP contribution in [0.3, 0.4) is 0 Å². The molecular weight excluding hydrogens is 238 g/mol. The maximum Gasteiger partial charge on any atom is 0.318 e. The maximum atomic E-state index is 12.5. The van der Waals surface area contributed by atoms with Gasteiger partial charge in [-0.05, 0) is 51.9 Å². The summed E-state index contributed by atoms with van der Waals surface area (Å²) < 4.78 is 5.39. The van der Waals surface area contributed by atoms with Gasteiger partial charge in [-0.25, -0.2) is 0 Å². The summed E-state index contributed by atoms with van der Waals surface area (Å²) in [7, 11) is 0. The number of allylic oxidation sites excluding steroid dienone is 1. The Labute approximate surface area is 117 Å². The smallest absolute Gasteiger partial charge is 0.318 e. The molecule has 0 radical (unpaired) electrons. The molecule has 0 aromatic carbocycles. The molecule has 0 aromatic rings. The number of hydrogen-bond donors (Lipinski definition) is 0. The summed E-state index contributed by atoms with van der Waals surface area (Å²) in [6.45, 7) is 6.71. The Morgan fingerprint density at radius 3 is 2.63 bits per heavy atom. The van der Waals surface area contributed by atoms with E-state index in [1.165, 1.54) is 25.0 Å². The van der Waals surface area contributed by atoms with Crippen LogP contribution in [0.15, 0.2) is 11.8 Å². The van der Waals surface area contributed by atoms with Gasteiger partial charge in [-0.3, -0.25) is 4.79 Å². The standard InChI is InChI=1S/C16H27NO2/c1-3-16(15(18)19-4-2)11-7-6-10-14(16)17-12-8-5-9-13-17/h10H,3-9,11-13H2,1-2H3. The Bertz CT molecular complexity index is 345. The van der Waals surface area contributed by atoms with Crippen LogP contribution in [0.5, 0.6) is 0 Å². The number of hydrogen-bond acceptors (Lipinski definition) is 3. The van der Waals surface area contributed by atoms with Crippen LogP contribution in [0.25, 0.3) is 0 Å². The molecule has 3 heteroatoms. The van der Waals surface area contributed by atoms with Crippen molar-refractivity contribution in [2.45, 2.75) is 58.8 Å². The number of esters is 1.